The molecule has 0 saturated heterocycles. The van der Waals surface area contributed by atoms with Crippen molar-refractivity contribution in [1.29, 1.82) is 0 Å². The van der Waals surface area contributed by atoms with E-state index in [1.807, 2.05) is 48.5 Å². The predicted molar refractivity (Wildman–Crippen MR) is 106 cm³/mol. The van der Waals surface area contributed by atoms with E-state index < -0.39 is 6.10 Å². The first-order valence-corrected chi connectivity index (χ1v) is 8.98. The molecule has 144 valence electrons. The van der Waals surface area contributed by atoms with Crippen LogP contribution in [-0.4, -0.2) is 25.7 Å². The fourth-order valence-electron chi connectivity index (χ4n) is 2.41. The van der Waals surface area contributed by atoms with Crippen LogP contribution in [0.3, 0.4) is 0 Å². The van der Waals surface area contributed by atoms with Crippen molar-refractivity contribution in [3.63, 3.8) is 0 Å². The van der Waals surface area contributed by atoms with E-state index in [0.29, 0.717) is 31.3 Å². The van der Waals surface area contributed by atoms with E-state index in [4.69, 9.17) is 14.2 Å². The average Bonchev–Trinajstić information content (AvgIpc) is 2.71. The van der Waals surface area contributed by atoms with Gasteiger partial charge in [-0.1, -0.05) is 42.5 Å². The van der Waals surface area contributed by atoms with Crippen LogP contribution in [0.4, 0.5) is 0 Å². The summed E-state index contributed by atoms with van der Waals surface area (Å²) in [5.74, 6) is 1.15. The highest BCUT2D eigenvalue weighted by Crippen LogP contribution is 2.28. The second-order valence-corrected chi connectivity index (χ2v) is 6.07. The van der Waals surface area contributed by atoms with Crippen molar-refractivity contribution < 1.29 is 19.0 Å². The molecule has 1 N–H and O–H groups in total. The Morgan fingerprint density at radius 1 is 1.15 bits per heavy atom. The molecule has 0 heterocycles. The number of hydrogen-bond acceptors (Lipinski definition) is 4. The first kappa shape index (κ1) is 20.5. The molecule has 0 aromatic heterocycles. The zero-order valence-corrected chi connectivity index (χ0v) is 15.9. The van der Waals surface area contributed by atoms with Crippen LogP contribution in [0.2, 0.25) is 0 Å². The fraction of sp³-hybridized carbons (Fsp3) is 0.318. The largest absolute Gasteiger partial charge is 0.493 e. The summed E-state index contributed by atoms with van der Waals surface area (Å²) >= 11 is 0. The monoisotopic (exact) mass is 369 g/mol. The molecule has 27 heavy (non-hydrogen) atoms. The van der Waals surface area contributed by atoms with Gasteiger partial charge in [0.05, 0.1) is 13.7 Å². The van der Waals surface area contributed by atoms with Crippen molar-refractivity contribution in [2.75, 3.05) is 13.7 Å². The highest BCUT2D eigenvalue weighted by molar-refractivity contribution is 5.80. The third-order valence-electron chi connectivity index (χ3n) is 3.99. The highest BCUT2D eigenvalue weighted by atomic mass is 16.5. The van der Waals surface area contributed by atoms with Crippen molar-refractivity contribution in [2.45, 2.75) is 32.6 Å². The molecule has 5 nitrogen and oxygen atoms in total. The number of ether oxygens (including phenoxy) is 3. The summed E-state index contributed by atoms with van der Waals surface area (Å²) in [5.41, 5.74) is 2.01. The van der Waals surface area contributed by atoms with E-state index in [2.05, 4.69) is 11.9 Å². The Morgan fingerprint density at radius 3 is 2.63 bits per heavy atom. The highest BCUT2D eigenvalue weighted by Gasteiger charge is 2.13. The standard InChI is InChI=1S/C22H27NO4/c1-4-5-13-26-17(2)22(24)23-15-19-11-12-20(21(14-19)25-3)27-16-18-9-7-6-8-10-18/h4,6-12,14,17H,1,5,13,15-16H2,2-3H3,(H,23,24). The second kappa shape index (κ2) is 11.0. The average molecular weight is 369 g/mol. The molecule has 0 fully saturated rings. The molecule has 0 bridgehead atoms. The third kappa shape index (κ3) is 6.79. The lowest BCUT2D eigenvalue weighted by molar-refractivity contribution is -0.131. The maximum Gasteiger partial charge on any atom is 0.249 e. The van der Waals surface area contributed by atoms with Crippen LogP contribution in [0.15, 0.2) is 61.2 Å². The Morgan fingerprint density at radius 2 is 1.93 bits per heavy atom. The van der Waals surface area contributed by atoms with E-state index in [9.17, 15) is 4.79 Å². The number of benzene rings is 2. The number of methoxy groups -OCH3 is 1. The van der Waals surface area contributed by atoms with Gasteiger partial charge in [-0.15, -0.1) is 6.58 Å². The number of hydrogen-bond donors (Lipinski definition) is 1. The lowest BCUT2D eigenvalue weighted by Crippen LogP contribution is -2.34. The molecule has 0 aliphatic carbocycles. The van der Waals surface area contributed by atoms with Crippen LogP contribution in [0.5, 0.6) is 11.5 Å². The van der Waals surface area contributed by atoms with E-state index in [1.165, 1.54) is 0 Å². The van der Waals surface area contributed by atoms with Crippen molar-refractivity contribution in [2.24, 2.45) is 0 Å². The molecule has 2 aromatic carbocycles. The molecular weight excluding hydrogens is 342 g/mol. The molecule has 1 amide bonds. The van der Waals surface area contributed by atoms with Gasteiger partial charge in [-0.3, -0.25) is 4.79 Å². The summed E-state index contributed by atoms with van der Waals surface area (Å²) in [5, 5.41) is 2.87. The van der Waals surface area contributed by atoms with E-state index in [-0.39, 0.29) is 5.91 Å². The maximum atomic E-state index is 12.1. The SMILES string of the molecule is C=CCCOC(C)C(=O)NCc1ccc(OCc2ccccc2)c(OC)c1. The first-order chi connectivity index (χ1) is 13.1. The van der Waals surface area contributed by atoms with Crippen molar-refractivity contribution in [3.8, 4) is 11.5 Å². The van der Waals surface area contributed by atoms with Gasteiger partial charge < -0.3 is 19.5 Å². The van der Waals surface area contributed by atoms with Gasteiger partial charge in [-0.05, 0) is 36.6 Å². The van der Waals surface area contributed by atoms with Crippen LogP contribution in [0.1, 0.15) is 24.5 Å². The van der Waals surface area contributed by atoms with Gasteiger partial charge >= 0.3 is 0 Å². The zero-order valence-electron chi connectivity index (χ0n) is 15.9. The summed E-state index contributed by atoms with van der Waals surface area (Å²) in [6, 6.07) is 15.6. The van der Waals surface area contributed by atoms with Gasteiger partial charge in [0.2, 0.25) is 5.91 Å². The smallest absolute Gasteiger partial charge is 0.249 e. The van der Waals surface area contributed by atoms with Crippen LogP contribution >= 0.6 is 0 Å². The van der Waals surface area contributed by atoms with Crippen LogP contribution in [0.25, 0.3) is 0 Å². The molecule has 2 aromatic rings. The van der Waals surface area contributed by atoms with Gasteiger partial charge in [0.1, 0.15) is 12.7 Å². The van der Waals surface area contributed by atoms with Gasteiger partial charge in [-0.2, -0.15) is 0 Å². The molecule has 0 aliphatic rings. The molecular formula is C22H27NO4. The summed E-state index contributed by atoms with van der Waals surface area (Å²) in [6.07, 6.45) is 1.98. The Balaban J connectivity index is 1.89. The van der Waals surface area contributed by atoms with Crippen LogP contribution in [0, 0.1) is 0 Å². The van der Waals surface area contributed by atoms with Gasteiger partial charge in [0, 0.05) is 6.54 Å². The number of carbonyl (C=O) groups excluding carboxylic acids is 1. The molecule has 5 heteroatoms. The van der Waals surface area contributed by atoms with Gasteiger partial charge in [0.15, 0.2) is 11.5 Å². The molecule has 1 atom stereocenters. The summed E-state index contributed by atoms with van der Waals surface area (Å²) in [4.78, 5) is 12.1. The molecule has 0 saturated carbocycles. The quantitative estimate of drug-likeness (QED) is 0.482. The fourth-order valence-corrected chi connectivity index (χ4v) is 2.41. The second-order valence-electron chi connectivity index (χ2n) is 6.07. The Kier molecular flexibility index (Phi) is 8.39. The van der Waals surface area contributed by atoms with E-state index in [0.717, 1.165) is 17.5 Å². The van der Waals surface area contributed by atoms with Gasteiger partial charge in [0.25, 0.3) is 0 Å². The lowest BCUT2D eigenvalue weighted by atomic mass is 10.2. The van der Waals surface area contributed by atoms with Crippen molar-refractivity contribution in [3.05, 3.63) is 72.3 Å². The Labute approximate surface area is 161 Å². The van der Waals surface area contributed by atoms with Crippen molar-refractivity contribution >= 4 is 5.91 Å². The maximum absolute atomic E-state index is 12.1. The molecule has 0 radical (unpaired) electrons. The normalized spacial score (nSPS) is 11.5. The number of amides is 1. The first-order valence-electron chi connectivity index (χ1n) is 8.98. The van der Waals surface area contributed by atoms with E-state index in [1.54, 1.807) is 20.1 Å². The Bertz CT molecular complexity index is 730. The third-order valence-corrected chi connectivity index (χ3v) is 3.99. The van der Waals surface area contributed by atoms with E-state index >= 15 is 0 Å². The molecule has 0 spiro atoms. The summed E-state index contributed by atoms with van der Waals surface area (Å²) < 4.78 is 16.7. The number of nitrogens with one attached hydrogen (secondary N) is 1. The van der Waals surface area contributed by atoms with Crippen LogP contribution < -0.4 is 14.8 Å². The molecule has 1 unspecified atom stereocenters. The number of carbonyl (C=O) groups is 1. The topological polar surface area (TPSA) is 56.8 Å². The minimum Gasteiger partial charge on any atom is -0.493 e. The van der Waals surface area contributed by atoms with Crippen LogP contribution in [-0.2, 0) is 22.7 Å². The van der Waals surface area contributed by atoms with Gasteiger partial charge in [-0.25, -0.2) is 0 Å². The minimum atomic E-state index is -0.500. The molecule has 0 aliphatic heterocycles. The Hall–Kier alpha value is -2.79. The molecule has 2 rings (SSSR count). The minimum absolute atomic E-state index is 0.151. The zero-order chi connectivity index (χ0) is 19.5. The number of rotatable bonds is 11. The summed E-state index contributed by atoms with van der Waals surface area (Å²) in [7, 11) is 1.60. The lowest BCUT2D eigenvalue weighted by Gasteiger charge is -2.15. The van der Waals surface area contributed by atoms with Crippen molar-refractivity contribution in [1.82, 2.24) is 5.32 Å². The summed E-state index contributed by atoms with van der Waals surface area (Å²) in [6.45, 7) is 6.71. The predicted octanol–water partition coefficient (Wildman–Crippen LogP) is 3.87.